The fourth-order valence-corrected chi connectivity index (χ4v) is 2.50. The molecule has 1 aliphatic rings. The largest absolute Gasteiger partial charge is 0.496 e. The van der Waals surface area contributed by atoms with E-state index >= 15 is 0 Å². The predicted octanol–water partition coefficient (Wildman–Crippen LogP) is 2.76. The number of piperazine rings is 1. The maximum Gasteiger partial charge on any atom is 0.121 e. The van der Waals surface area contributed by atoms with Crippen molar-refractivity contribution in [1.82, 2.24) is 10.2 Å². The summed E-state index contributed by atoms with van der Waals surface area (Å²) in [5.41, 5.74) is 2.10. The highest BCUT2D eigenvalue weighted by Crippen LogP contribution is 2.26. The lowest BCUT2D eigenvalue weighted by atomic mass is 10.0. The van der Waals surface area contributed by atoms with Crippen molar-refractivity contribution < 1.29 is 9.13 Å². The van der Waals surface area contributed by atoms with Gasteiger partial charge in [0, 0.05) is 26.2 Å². The van der Waals surface area contributed by atoms with Gasteiger partial charge in [0.05, 0.1) is 13.2 Å². The first-order chi connectivity index (χ1) is 8.76. The second kappa shape index (κ2) is 9.40. The Kier molecular flexibility index (Phi) is 9.14. The highest BCUT2D eigenvalue weighted by Gasteiger charge is 2.22. The average Bonchev–Trinajstić information content (AvgIpc) is 2.41. The van der Waals surface area contributed by atoms with Gasteiger partial charge >= 0.3 is 0 Å². The number of halogens is 3. The Morgan fingerprint density at radius 3 is 2.45 bits per heavy atom. The van der Waals surface area contributed by atoms with E-state index in [0.717, 1.165) is 43.1 Å². The molecule has 1 saturated heterocycles. The summed E-state index contributed by atoms with van der Waals surface area (Å²) >= 11 is 0. The number of nitrogens with zero attached hydrogens (tertiary/aromatic N) is 1. The summed E-state index contributed by atoms with van der Waals surface area (Å²) in [6.07, 6.45) is 0. The third-order valence-corrected chi connectivity index (χ3v) is 3.54. The first kappa shape index (κ1) is 19.4. The molecule has 0 spiro atoms. The van der Waals surface area contributed by atoms with Crippen LogP contribution >= 0.6 is 24.8 Å². The van der Waals surface area contributed by atoms with Crippen LogP contribution in [0.1, 0.15) is 17.2 Å². The van der Waals surface area contributed by atoms with E-state index < -0.39 is 0 Å². The molecule has 0 unspecified atom stereocenters. The summed E-state index contributed by atoms with van der Waals surface area (Å²) in [6, 6.07) is 5.80. The number of alkyl halides is 1. The van der Waals surface area contributed by atoms with Gasteiger partial charge in [0.1, 0.15) is 12.4 Å². The zero-order valence-electron chi connectivity index (χ0n) is 11.9. The molecule has 3 nitrogen and oxygen atoms in total. The van der Waals surface area contributed by atoms with Crippen molar-refractivity contribution in [3.8, 4) is 5.75 Å². The van der Waals surface area contributed by atoms with Gasteiger partial charge in [-0.25, -0.2) is 4.39 Å². The summed E-state index contributed by atoms with van der Waals surface area (Å²) in [7, 11) is 1.66. The molecule has 20 heavy (non-hydrogen) atoms. The maximum absolute atomic E-state index is 13.3. The second-order valence-corrected chi connectivity index (χ2v) is 4.69. The standard InChI is InChI=1S/C14H21FN2O.2ClH/c1-11-9-12(3-4-14(11)18-2)13(10-15)17-7-5-16-6-8-17;;/h3-4,9,13,16H,5-8,10H2,1-2H3;2*1H/t13-;;/m0../s1. The fourth-order valence-electron chi connectivity index (χ4n) is 2.50. The third-order valence-electron chi connectivity index (χ3n) is 3.54. The lowest BCUT2D eigenvalue weighted by Gasteiger charge is -2.33. The normalized spacial score (nSPS) is 16.8. The molecule has 1 N–H and O–H groups in total. The van der Waals surface area contributed by atoms with E-state index in [4.69, 9.17) is 4.74 Å². The van der Waals surface area contributed by atoms with Gasteiger partial charge in [0.2, 0.25) is 0 Å². The Morgan fingerprint density at radius 2 is 1.95 bits per heavy atom. The topological polar surface area (TPSA) is 24.5 Å². The quantitative estimate of drug-likeness (QED) is 0.921. The first-order valence-corrected chi connectivity index (χ1v) is 6.41. The van der Waals surface area contributed by atoms with Gasteiger partial charge in [-0.2, -0.15) is 0 Å². The van der Waals surface area contributed by atoms with Gasteiger partial charge in [0.15, 0.2) is 0 Å². The Labute approximate surface area is 132 Å². The van der Waals surface area contributed by atoms with E-state index in [1.165, 1.54) is 0 Å². The van der Waals surface area contributed by atoms with Gasteiger partial charge in [-0.3, -0.25) is 4.90 Å². The molecule has 0 radical (unpaired) electrons. The van der Waals surface area contributed by atoms with Gasteiger partial charge in [-0.1, -0.05) is 12.1 Å². The predicted molar refractivity (Wildman–Crippen MR) is 85.4 cm³/mol. The van der Waals surface area contributed by atoms with Crippen molar-refractivity contribution in [2.75, 3.05) is 40.0 Å². The molecule has 0 amide bonds. The van der Waals surface area contributed by atoms with Crippen LogP contribution in [-0.2, 0) is 0 Å². The molecular formula is C14H23Cl2FN2O. The van der Waals surface area contributed by atoms with Crippen molar-refractivity contribution in [1.29, 1.82) is 0 Å². The van der Waals surface area contributed by atoms with Gasteiger partial charge in [-0.05, 0) is 24.1 Å². The second-order valence-electron chi connectivity index (χ2n) is 4.69. The van der Waals surface area contributed by atoms with E-state index in [1.807, 2.05) is 25.1 Å². The first-order valence-electron chi connectivity index (χ1n) is 6.41. The zero-order valence-corrected chi connectivity index (χ0v) is 13.5. The van der Waals surface area contributed by atoms with Crippen molar-refractivity contribution in [3.63, 3.8) is 0 Å². The number of hydrogen-bond acceptors (Lipinski definition) is 3. The van der Waals surface area contributed by atoms with E-state index in [9.17, 15) is 4.39 Å². The average molecular weight is 325 g/mol. The van der Waals surface area contributed by atoms with E-state index in [-0.39, 0.29) is 37.5 Å². The molecule has 1 aromatic rings. The molecule has 1 heterocycles. The minimum absolute atomic E-state index is 0. The van der Waals surface area contributed by atoms with Gasteiger partial charge in [0.25, 0.3) is 0 Å². The van der Waals surface area contributed by atoms with Crippen LogP contribution in [-0.4, -0.2) is 44.9 Å². The molecule has 2 rings (SSSR count). The Balaban J connectivity index is 0.00000180. The molecule has 0 aromatic heterocycles. The summed E-state index contributed by atoms with van der Waals surface area (Å²) in [5, 5.41) is 3.29. The van der Waals surface area contributed by atoms with Gasteiger partial charge in [-0.15, -0.1) is 24.8 Å². The number of methoxy groups -OCH3 is 1. The van der Waals surface area contributed by atoms with Crippen LogP contribution in [0.25, 0.3) is 0 Å². The Hall–Kier alpha value is -0.550. The van der Waals surface area contributed by atoms with E-state index in [0.29, 0.717) is 0 Å². The zero-order chi connectivity index (χ0) is 13.0. The van der Waals surface area contributed by atoms with E-state index in [2.05, 4.69) is 10.2 Å². The monoisotopic (exact) mass is 324 g/mol. The minimum atomic E-state index is -0.341. The summed E-state index contributed by atoms with van der Waals surface area (Å²) in [5.74, 6) is 0.858. The Bertz CT molecular complexity index is 401. The van der Waals surface area contributed by atoms with Crippen LogP contribution in [0.4, 0.5) is 4.39 Å². The van der Waals surface area contributed by atoms with Crippen LogP contribution in [0.15, 0.2) is 18.2 Å². The van der Waals surface area contributed by atoms with Crippen LogP contribution < -0.4 is 10.1 Å². The summed E-state index contributed by atoms with van der Waals surface area (Å²) < 4.78 is 18.6. The molecular weight excluding hydrogens is 302 g/mol. The molecule has 0 bridgehead atoms. The number of hydrogen-bond donors (Lipinski definition) is 1. The summed E-state index contributed by atoms with van der Waals surface area (Å²) in [6.45, 7) is 5.33. The van der Waals surface area contributed by atoms with Crippen molar-refractivity contribution in [2.45, 2.75) is 13.0 Å². The number of ether oxygens (including phenoxy) is 1. The molecule has 1 atom stereocenters. The van der Waals surface area contributed by atoms with Crippen LogP contribution in [0, 0.1) is 6.92 Å². The molecule has 1 aliphatic heterocycles. The molecule has 116 valence electrons. The van der Waals surface area contributed by atoms with E-state index in [1.54, 1.807) is 7.11 Å². The fraction of sp³-hybridized carbons (Fsp3) is 0.571. The minimum Gasteiger partial charge on any atom is -0.496 e. The summed E-state index contributed by atoms with van der Waals surface area (Å²) in [4.78, 5) is 2.21. The van der Waals surface area contributed by atoms with Crippen LogP contribution in [0.3, 0.4) is 0 Å². The van der Waals surface area contributed by atoms with Crippen LogP contribution in [0.2, 0.25) is 0 Å². The Morgan fingerprint density at radius 1 is 1.30 bits per heavy atom. The number of nitrogens with one attached hydrogen (secondary N) is 1. The number of aryl methyl sites for hydroxylation is 1. The molecule has 1 aromatic carbocycles. The van der Waals surface area contributed by atoms with Gasteiger partial charge < -0.3 is 10.1 Å². The number of benzene rings is 1. The third kappa shape index (κ3) is 4.48. The maximum atomic E-state index is 13.3. The lowest BCUT2D eigenvalue weighted by molar-refractivity contribution is 0.147. The van der Waals surface area contributed by atoms with Crippen molar-refractivity contribution in [3.05, 3.63) is 29.3 Å². The molecule has 0 aliphatic carbocycles. The lowest BCUT2D eigenvalue weighted by Crippen LogP contribution is -2.45. The number of rotatable bonds is 4. The van der Waals surface area contributed by atoms with Crippen LogP contribution in [0.5, 0.6) is 5.75 Å². The SMILES string of the molecule is COc1ccc([C@H](CF)N2CCNCC2)cc1C.Cl.Cl. The highest BCUT2D eigenvalue weighted by atomic mass is 35.5. The van der Waals surface area contributed by atoms with Crippen molar-refractivity contribution >= 4 is 24.8 Å². The highest BCUT2D eigenvalue weighted by molar-refractivity contribution is 5.85. The molecule has 0 saturated carbocycles. The smallest absolute Gasteiger partial charge is 0.121 e. The van der Waals surface area contributed by atoms with Crippen molar-refractivity contribution in [2.24, 2.45) is 0 Å². The molecule has 6 heteroatoms. The molecule has 1 fully saturated rings.